The number of nitrogens with one attached hydrogen (secondary N) is 2. The summed E-state index contributed by atoms with van der Waals surface area (Å²) in [5, 5.41) is 25.7. The molecule has 3 heterocycles. The summed E-state index contributed by atoms with van der Waals surface area (Å²) in [6.07, 6.45) is 6.36. The molecular weight excluding hydrogens is 486 g/mol. The highest BCUT2D eigenvalue weighted by Gasteiger charge is 2.26. The number of anilines is 2. The number of nitrogens with zero attached hydrogens (tertiary/aromatic N) is 5. The number of hydrogen-bond donors (Lipinski definition) is 3. The molecule has 0 spiro atoms. The quantitative estimate of drug-likeness (QED) is 0.439. The minimum atomic E-state index is -0.362. The Morgan fingerprint density at radius 3 is 2.89 bits per heavy atom. The highest BCUT2D eigenvalue weighted by Crippen LogP contribution is 2.33. The Balaban J connectivity index is 1.27. The lowest BCUT2D eigenvalue weighted by Gasteiger charge is -2.30. The fraction of sp³-hybridized carbons (Fsp3) is 0.417. The van der Waals surface area contributed by atoms with E-state index in [1.54, 1.807) is 36.0 Å². The van der Waals surface area contributed by atoms with Gasteiger partial charge in [-0.25, -0.2) is 4.68 Å². The number of likely N-dealkylation sites (tertiary alicyclic amines) is 1. The summed E-state index contributed by atoms with van der Waals surface area (Å²) >= 11 is 6.53. The van der Waals surface area contributed by atoms with E-state index in [4.69, 9.17) is 21.1 Å². The van der Waals surface area contributed by atoms with Gasteiger partial charge in [0.1, 0.15) is 11.9 Å². The molecule has 36 heavy (non-hydrogen) atoms. The molecule has 1 saturated heterocycles. The Morgan fingerprint density at radius 2 is 2.11 bits per heavy atom. The number of H-pyrrole nitrogens is 1. The van der Waals surface area contributed by atoms with Crippen LogP contribution >= 0.6 is 11.6 Å². The Bertz CT molecular complexity index is 1320. The van der Waals surface area contributed by atoms with Crippen LogP contribution in [0.5, 0.6) is 0 Å². The number of benzene rings is 1. The molecule has 0 bridgehead atoms. The number of halogens is 1. The van der Waals surface area contributed by atoms with Crippen molar-refractivity contribution in [2.24, 2.45) is 7.05 Å². The van der Waals surface area contributed by atoms with E-state index in [-0.39, 0.29) is 24.7 Å². The molecule has 2 aromatic heterocycles. The average molecular weight is 514 g/mol. The monoisotopic (exact) mass is 513 g/mol. The number of ether oxygens (including phenoxy) is 2. The smallest absolute Gasteiger partial charge is 0.260 e. The zero-order chi connectivity index (χ0) is 25.2. The molecular formula is C24H28ClN7O4. The van der Waals surface area contributed by atoms with Gasteiger partial charge in [0.25, 0.3) is 5.91 Å². The number of aryl methyl sites for hydroxylation is 1. The van der Waals surface area contributed by atoms with Crippen LogP contribution in [0.2, 0.25) is 5.02 Å². The molecule has 0 radical (unpaired) electrons. The first-order chi connectivity index (χ1) is 17.4. The van der Waals surface area contributed by atoms with Crippen LogP contribution in [0, 0.1) is 0 Å². The number of piperidine rings is 1. The molecule has 190 valence electrons. The number of amides is 1. The van der Waals surface area contributed by atoms with Gasteiger partial charge < -0.3 is 24.8 Å². The van der Waals surface area contributed by atoms with Crippen molar-refractivity contribution in [2.75, 3.05) is 32.1 Å². The number of aliphatic hydroxyl groups excluding tert-OH is 1. The average Bonchev–Trinajstić information content (AvgIpc) is 3.51. The van der Waals surface area contributed by atoms with Gasteiger partial charge in [0, 0.05) is 44.6 Å². The second-order valence-electron chi connectivity index (χ2n) is 8.86. The third-order valence-electron chi connectivity index (χ3n) is 6.49. The molecule has 3 N–H and O–H groups in total. The van der Waals surface area contributed by atoms with Crippen molar-refractivity contribution >= 4 is 45.6 Å². The van der Waals surface area contributed by atoms with Crippen molar-refractivity contribution in [1.82, 2.24) is 29.9 Å². The minimum Gasteiger partial charge on any atom is -0.485 e. The topological polar surface area (TPSA) is 130 Å². The maximum atomic E-state index is 12.5. The maximum absolute atomic E-state index is 12.5. The third-order valence-corrected chi connectivity index (χ3v) is 6.90. The second-order valence-corrected chi connectivity index (χ2v) is 9.23. The number of aromatic nitrogens is 5. The molecule has 5 rings (SSSR count). The van der Waals surface area contributed by atoms with E-state index in [9.17, 15) is 9.90 Å². The lowest BCUT2D eigenvalue weighted by molar-refractivity contribution is -0.137. The Kier molecular flexibility index (Phi) is 6.95. The van der Waals surface area contributed by atoms with Gasteiger partial charge in [0.15, 0.2) is 12.4 Å². The van der Waals surface area contributed by atoms with E-state index in [2.05, 4.69) is 25.6 Å². The van der Waals surface area contributed by atoms with Gasteiger partial charge in [-0.05, 0) is 31.1 Å². The van der Waals surface area contributed by atoms with Gasteiger partial charge >= 0.3 is 0 Å². The summed E-state index contributed by atoms with van der Waals surface area (Å²) in [6, 6.07) is 3.75. The van der Waals surface area contributed by atoms with Crippen molar-refractivity contribution in [2.45, 2.75) is 31.5 Å². The van der Waals surface area contributed by atoms with E-state index in [1.807, 2.05) is 18.2 Å². The highest BCUT2D eigenvalue weighted by atomic mass is 35.5. The van der Waals surface area contributed by atoms with Gasteiger partial charge in [-0.3, -0.25) is 9.89 Å². The molecule has 0 saturated carbocycles. The number of carbonyl (C=O) groups excluding carboxylic acids is 1. The third kappa shape index (κ3) is 4.95. The highest BCUT2D eigenvalue weighted by molar-refractivity contribution is 6.38. The van der Waals surface area contributed by atoms with Crippen LogP contribution in [-0.4, -0.2) is 79.9 Å². The van der Waals surface area contributed by atoms with Crippen LogP contribution in [0.1, 0.15) is 25.1 Å². The fourth-order valence-corrected chi connectivity index (χ4v) is 4.61. The summed E-state index contributed by atoms with van der Waals surface area (Å²) in [5.41, 5.74) is 2.43. The number of fused-ring (bicyclic) bond motifs is 1. The number of rotatable bonds is 7. The first kappa shape index (κ1) is 24.3. The van der Waals surface area contributed by atoms with E-state index in [1.165, 1.54) is 0 Å². The molecule has 1 atom stereocenters. The van der Waals surface area contributed by atoms with Crippen LogP contribution in [0.4, 0.5) is 11.6 Å². The SMILES string of the molecule is COC1CC(c2nc(Nc3ccc4[nH]ncc4c3Cl)n(C)n2)=CC=C1OCC(=O)N1CCC(O)CC1. The number of hydrogen-bond acceptors (Lipinski definition) is 8. The predicted octanol–water partition coefficient (Wildman–Crippen LogP) is 2.77. The Labute approximate surface area is 212 Å². The van der Waals surface area contributed by atoms with Crippen molar-refractivity contribution in [3.63, 3.8) is 0 Å². The van der Waals surface area contributed by atoms with Crippen molar-refractivity contribution in [3.8, 4) is 0 Å². The molecule has 1 unspecified atom stereocenters. The summed E-state index contributed by atoms with van der Waals surface area (Å²) in [6.45, 7) is 1.02. The van der Waals surface area contributed by atoms with Gasteiger partial charge in [-0.2, -0.15) is 10.1 Å². The zero-order valence-corrected chi connectivity index (χ0v) is 20.8. The van der Waals surface area contributed by atoms with E-state index in [0.29, 0.717) is 60.6 Å². The summed E-state index contributed by atoms with van der Waals surface area (Å²) in [7, 11) is 3.40. The van der Waals surface area contributed by atoms with Gasteiger partial charge in [0.2, 0.25) is 5.95 Å². The molecule has 1 aromatic carbocycles. The van der Waals surface area contributed by atoms with Gasteiger partial charge in [0.05, 0.1) is 28.5 Å². The predicted molar refractivity (Wildman–Crippen MR) is 135 cm³/mol. The van der Waals surface area contributed by atoms with Crippen molar-refractivity contribution < 1.29 is 19.4 Å². The second kappa shape index (κ2) is 10.3. The first-order valence-electron chi connectivity index (χ1n) is 11.7. The van der Waals surface area contributed by atoms with Crippen LogP contribution < -0.4 is 5.32 Å². The standard InChI is InChI=1S/C24H28ClN7O4/c1-31-24(27-18-5-4-17-16(22(18)25)12-26-29-17)28-23(30-31)14-3-6-19(20(11-14)35-2)36-13-21(34)32-9-7-15(33)8-10-32/h3-6,12,15,20,33H,7-11,13H2,1-2H3,(H,26,29)(H,27,28,30). The lowest BCUT2D eigenvalue weighted by Crippen LogP contribution is -2.42. The Hall–Kier alpha value is -3.41. The number of aliphatic hydroxyl groups is 1. The normalized spacial score (nSPS) is 18.8. The molecule has 1 aliphatic heterocycles. The number of aromatic amines is 1. The van der Waals surface area contributed by atoms with Crippen molar-refractivity contribution in [1.29, 1.82) is 0 Å². The first-order valence-corrected chi connectivity index (χ1v) is 12.1. The number of methoxy groups -OCH3 is 1. The van der Waals surface area contributed by atoms with Gasteiger partial charge in [-0.1, -0.05) is 17.7 Å². The fourth-order valence-electron chi connectivity index (χ4n) is 4.35. The molecule has 11 nitrogen and oxygen atoms in total. The zero-order valence-electron chi connectivity index (χ0n) is 20.1. The molecule has 1 amide bonds. The van der Waals surface area contributed by atoms with E-state index in [0.717, 1.165) is 16.5 Å². The summed E-state index contributed by atoms with van der Waals surface area (Å²) < 4.78 is 13.1. The van der Waals surface area contributed by atoms with Gasteiger partial charge in [-0.15, -0.1) is 5.10 Å². The van der Waals surface area contributed by atoms with E-state index < -0.39 is 0 Å². The molecule has 1 fully saturated rings. The molecule has 2 aliphatic rings. The largest absolute Gasteiger partial charge is 0.485 e. The van der Waals surface area contributed by atoms with Crippen LogP contribution in [0.25, 0.3) is 16.5 Å². The molecule has 1 aliphatic carbocycles. The molecule has 12 heteroatoms. The van der Waals surface area contributed by atoms with E-state index >= 15 is 0 Å². The molecule has 3 aromatic rings. The maximum Gasteiger partial charge on any atom is 0.260 e. The number of carbonyl (C=O) groups is 1. The van der Waals surface area contributed by atoms with Crippen molar-refractivity contribution in [3.05, 3.63) is 47.1 Å². The summed E-state index contributed by atoms with van der Waals surface area (Å²) in [5.74, 6) is 1.58. The number of allylic oxidation sites excluding steroid dienone is 2. The van der Waals surface area contributed by atoms with Crippen LogP contribution in [0.15, 0.2) is 36.2 Å². The minimum absolute atomic E-state index is 0.0668. The van der Waals surface area contributed by atoms with Crippen LogP contribution in [0.3, 0.4) is 0 Å². The van der Waals surface area contributed by atoms with Crippen LogP contribution in [-0.2, 0) is 21.3 Å². The Morgan fingerprint density at radius 1 is 1.31 bits per heavy atom. The lowest BCUT2D eigenvalue weighted by atomic mass is 10.0. The summed E-state index contributed by atoms with van der Waals surface area (Å²) in [4.78, 5) is 18.9.